The molecule has 0 spiro atoms. The van der Waals surface area contributed by atoms with Crippen molar-refractivity contribution < 1.29 is 0 Å². The Morgan fingerprint density at radius 2 is 2.06 bits per heavy atom. The highest BCUT2D eigenvalue weighted by molar-refractivity contribution is 14.1. The first-order chi connectivity index (χ1) is 8.29. The molecule has 2 aromatic rings. The van der Waals surface area contributed by atoms with E-state index in [4.69, 9.17) is 0 Å². The Kier molecular flexibility index (Phi) is 3.31. The van der Waals surface area contributed by atoms with Gasteiger partial charge in [0, 0.05) is 18.7 Å². The van der Waals surface area contributed by atoms with Crippen LogP contribution in [0.1, 0.15) is 26.5 Å². The molecule has 1 N–H and O–H groups in total. The second kappa shape index (κ2) is 4.49. The van der Waals surface area contributed by atoms with Gasteiger partial charge in [-0.2, -0.15) is 5.10 Å². The summed E-state index contributed by atoms with van der Waals surface area (Å²) in [6.45, 7) is 6.12. The largest absolute Gasteiger partial charge is 0.304 e. The predicted molar refractivity (Wildman–Crippen MR) is 78.5 cm³/mol. The zero-order valence-electron chi connectivity index (χ0n) is 10.8. The molecule has 0 unspecified atom stereocenters. The highest BCUT2D eigenvalue weighted by atomic mass is 127. The maximum absolute atomic E-state index is 11.9. The number of aryl methyl sites for hydroxylation is 1. The summed E-state index contributed by atoms with van der Waals surface area (Å²) >= 11 is 2.04. The van der Waals surface area contributed by atoms with Gasteiger partial charge in [-0.3, -0.25) is 9.48 Å². The fraction of sp³-hybridized carbons (Fsp3) is 0.417. The van der Waals surface area contributed by atoms with E-state index in [-0.39, 0.29) is 11.0 Å². The first-order valence-corrected chi connectivity index (χ1v) is 6.67. The van der Waals surface area contributed by atoms with Crippen molar-refractivity contribution in [2.75, 3.05) is 0 Å². The van der Waals surface area contributed by atoms with E-state index in [2.05, 4.69) is 15.1 Å². The number of rotatable bonds is 1. The van der Waals surface area contributed by atoms with E-state index in [1.165, 1.54) is 0 Å². The molecule has 0 aromatic carbocycles. The summed E-state index contributed by atoms with van der Waals surface area (Å²) in [6.07, 6.45) is 1.82. The zero-order valence-corrected chi connectivity index (χ0v) is 12.9. The number of nitrogens with one attached hydrogen (secondary N) is 1. The lowest BCUT2D eigenvalue weighted by molar-refractivity contribution is 0.562. The Balaban J connectivity index is 2.65. The van der Waals surface area contributed by atoms with Crippen molar-refractivity contribution >= 4 is 22.6 Å². The van der Waals surface area contributed by atoms with E-state index in [1.54, 1.807) is 4.68 Å². The molecule has 0 aliphatic heterocycles. The molecule has 0 amide bonds. The van der Waals surface area contributed by atoms with Crippen LogP contribution < -0.4 is 5.56 Å². The summed E-state index contributed by atoms with van der Waals surface area (Å²) in [5, 5.41) is 4.26. The predicted octanol–water partition coefficient (Wildman–Crippen LogP) is 2.07. The number of nitrogens with zero attached hydrogens (tertiary/aromatic N) is 3. The van der Waals surface area contributed by atoms with Crippen LogP contribution in [-0.4, -0.2) is 19.7 Å². The van der Waals surface area contributed by atoms with Crippen LogP contribution in [0.3, 0.4) is 0 Å². The van der Waals surface area contributed by atoms with E-state index in [9.17, 15) is 4.79 Å². The van der Waals surface area contributed by atoms with Crippen molar-refractivity contribution in [2.45, 2.75) is 26.2 Å². The second-order valence-corrected chi connectivity index (χ2v) is 6.28. The van der Waals surface area contributed by atoms with Gasteiger partial charge in [0.1, 0.15) is 9.26 Å². The van der Waals surface area contributed by atoms with Crippen molar-refractivity contribution in [1.29, 1.82) is 0 Å². The van der Waals surface area contributed by atoms with Gasteiger partial charge >= 0.3 is 0 Å². The molecular formula is C12H15IN4O. The van der Waals surface area contributed by atoms with E-state index in [1.807, 2.05) is 62.7 Å². The standard InChI is InChI=1S/C12H15IN4O/c1-12(2,3)9-8(13)11(18)15-10(14-9)7-5-6-17(4)16-7/h5-6H,1-4H3,(H,14,15,18). The summed E-state index contributed by atoms with van der Waals surface area (Å²) in [7, 11) is 1.83. The van der Waals surface area contributed by atoms with Gasteiger partial charge in [-0.05, 0) is 28.7 Å². The van der Waals surface area contributed by atoms with Gasteiger partial charge in [0.15, 0.2) is 5.82 Å². The lowest BCUT2D eigenvalue weighted by Gasteiger charge is -2.19. The number of H-pyrrole nitrogens is 1. The van der Waals surface area contributed by atoms with E-state index in [0.717, 1.165) is 5.69 Å². The third-order valence-electron chi connectivity index (χ3n) is 2.53. The van der Waals surface area contributed by atoms with E-state index < -0.39 is 0 Å². The highest BCUT2D eigenvalue weighted by Gasteiger charge is 2.22. The van der Waals surface area contributed by atoms with Gasteiger partial charge in [0.2, 0.25) is 0 Å². The van der Waals surface area contributed by atoms with Gasteiger partial charge in [0.25, 0.3) is 5.56 Å². The maximum atomic E-state index is 11.9. The molecule has 0 bridgehead atoms. The van der Waals surface area contributed by atoms with Crippen LogP contribution in [0.25, 0.3) is 11.5 Å². The van der Waals surface area contributed by atoms with Crippen LogP contribution in [0.5, 0.6) is 0 Å². The lowest BCUT2D eigenvalue weighted by Crippen LogP contribution is -2.24. The molecule has 0 fully saturated rings. The molecule has 0 saturated carbocycles. The molecule has 96 valence electrons. The van der Waals surface area contributed by atoms with Crippen LogP contribution in [-0.2, 0) is 12.5 Å². The fourth-order valence-electron chi connectivity index (χ4n) is 1.62. The number of aromatic amines is 1. The zero-order chi connectivity index (χ0) is 13.5. The molecule has 18 heavy (non-hydrogen) atoms. The summed E-state index contributed by atoms with van der Waals surface area (Å²) in [6, 6.07) is 1.83. The van der Waals surface area contributed by atoms with Crippen LogP contribution in [0.4, 0.5) is 0 Å². The number of hydrogen-bond donors (Lipinski definition) is 1. The van der Waals surface area contributed by atoms with Crippen LogP contribution in [0.15, 0.2) is 17.1 Å². The van der Waals surface area contributed by atoms with Crippen LogP contribution >= 0.6 is 22.6 Å². The van der Waals surface area contributed by atoms with E-state index >= 15 is 0 Å². The van der Waals surface area contributed by atoms with Gasteiger partial charge in [0.05, 0.1) is 5.69 Å². The molecule has 2 rings (SSSR count). The SMILES string of the molecule is Cn1ccc(-c2nc(C(C)(C)C)c(I)c(=O)[nH]2)n1. The normalized spacial score (nSPS) is 11.8. The minimum atomic E-state index is -0.172. The average molecular weight is 358 g/mol. The minimum absolute atomic E-state index is 0.115. The molecule has 0 saturated heterocycles. The molecule has 2 heterocycles. The molecule has 0 aliphatic carbocycles. The quantitative estimate of drug-likeness (QED) is 0.794. The summed E-state index contributed by atoms with van der Waals surface area (Å²) in [5.41, 5.74) is 1.19. The molecule has 0 atom stereocenters. The average Bonchev–Trinajstić information content (AvgIpc) is 2.67. The number of halogens is 1. The smallest absolute Gasteiger partial charge is 0.264 e. The molecule has 0 radical (unpaired) electrons. The number of aromatic nitrogens is 4. The first-order valence-electron chi connectivity index (χ1n) is 5.59. The Morgan fingerprint density at radius 3 is 2.56 bits per heavy atom. The Bertz CT molecular complexity index is 636. The minimum Gasteiger partial charge on any atom is -0.304 e. The van der Waals surface area contributed by atoms with Crippen molar-refractivity contribution in [3.8, 4) is 11.5 Å². The van der Waals surface area contributed by atoms with Gasteiger partial charge < -0.3 is 4.98 Å². The number of hydrogen-bond acceptors (Lipinski definition) is 3. The van der Waals surface area contributed by atoms with Gasteiger partial charge in [-0.15, -0.1) is 0 Å². The second-order valence-electron chi connectivity index (χ2n) is 5.20. The molecule has 5 nitrogen and oxygen atoms in total. The summed E-state index contributed by atoms with van der Waals surface area (Å²) in [5.74, 6) is 0.519. The lowest BCUT2D eigenvalue weighted by atomic mass is 9.92. The monoisotopic (exact) mass is 358 g/mol. The summed E-state index contributed by atoms with van der Waals surface area (Å²) < 4.78 is 2.32. The fourth-order valence-corrected chi connectivity index (χ4v) is 2.68. The van der Waals surface area contributed by atoms with Crippen molar-refractivity contribution in [1.82, 2.24) is 19.7 Å². The Labute approximate surface area is 119 Å². The van der Waals surface area contributed by atoms with Crippen molar-refractivity contribution in [2.24, 2.45) is 7.05 Å². The van der Waals surface area contributed by atoms with Crippen LogP contribution in [0.2, 0.25) is 0 Å². The van der Waals surface area contributed by atoms with Crippen LogP contribution in [0, 0.1) is 3.57 Å². The van der Waals surface area contributed by atoms with E-state index in [0.29, 0.717) is 15.1 Å². The third-order valence-corrected chi connectivity index (χ3v) is 3.53. The molecule has 2 aromatic heterocycles. The van der Waals surface area contributed by atoms with Crippen molar-refractivity contribution in [3.05, 3.63) is 31.9 Å². The summed E-state index contributed by atoms with van der Waals surface area (Å²) in [4.78, 5) is 19.3. The van der Waals surface area contributed by atoms with Crippen molar-refractivity contribution in [3.63, 3.8) is 0 Å². The van der Waals surface area contributed by atoms with Gasteiger partial charge in [-0.25, -0.2) is 4.98 Å². The molecular weight excluding hydrogens is 343 g/mol. The highest BCUT2D eigenvalue weighted by Crippen LogP contribution is 2.24. The first kappa shape index (κ1) is 13.3. The van der Waals surface area contributed by atoms with Gasteiger partial charge in [-0.1, -0.05) is 20.8 Å². The maximum Gasteiger partial charge on any atom is 0.264 e. The third kappa shape index (κ3) is 2.47. The Hall–Kier alpha value is -1.18. The topological polar surface area (TPSA) is 63.6 Å². The molecule has 0 aliphatic rings. The Morgan fingerprint density at radius 1 is 1.39 bits per heavy atom. The molecule has 6 heteroatoms.